The van der Waals surface area contributed by atoms with Gasteiger partial charge in [-0.15, -0.1) is 0 Å². The van der Waals surface area contributed by atoms with Crippen molar-refractivity contribution in [2.75, 3.05) is 5.73 Å². The maximum atomic E-state index is 5.72. The molecule has 2 aromatic rings. The highest BCUT2D eigenvalue weighted by Crippen LogP contribution is 2.09. The second-order valence-electron chi connectivity index (χ2n) is 2.43. The lowest BCUT2D eigenvalue weighted by molar-refractivity contribution is 0.942. The third kappa shape index (κ3) is 0.756. The zero-order valence-corrected chi connectivity index (χ0v) is 6.15. The molecule has 11 heavy (non-hydrogen) atoms. The number of anilines is 1. The minimum atomic E-state index is 0.653. The van der Waals surface area contributed by atoms with Gasteiger partial charge in [0, 0.05) is 17.8 Å². The molecule has 0 bridgehead atoms. The molecule has 2 aromatic heterocycles. The lowest BCUT2D eigenvalue weighted by Crippen LogP contribution is -2.01. The summed E-state index contributed by atoms with van der Waals surface area (Å²) in [5.74, 6) is 0.653. The van der Waals surface area contributed by atoms with Crippen LogP contribution < -0.4 is 5.73 Å². The summed E-state index contributed by atoms with van der Waals surface area (Å²) in [6, 6.07) is 1.82. The first-order chi connectivity index (χ1) is 5.29. The van der Waals surface area contributed by atoms with E-state index < -0.39 is 0 Å². The van der Waals surface area contributed by atoms with Crippen LogP contribution in [0.4, 0.5) is 5.82 Å². The fourth-order valence-electron chi connectivity index (χ4n) is 0.976. The summed E-state index contributed by atoms with van der Waals surface area (Å²) in [5, 5.41) is 4.01. The molecule has 0 unspecified atom stereocenters. The Balaban J connectivity index is 2.93. The summed E-state index contributed by atoms with van der Waals surface area (Å²) in [4.78, 5) is 4.12. The molecule has 56 valence electrons. The van der Waals surface area contributed by atoms with Crippen molar-refractivity contribution in [2.24, 2.45) is 0 Å². The molecule has 0 aromatic carbocycles. The molecule has 0 radical (unpaired) electrons. The Kier molecular flexibility index (Phi) is 1.09. The molecule has 0 aliphatic heterocycles. The minimum absolute atomic E-state index is 0.653. The number of fused-ring (bicyclic) bond motifs is 1. The topological polar surface area (TPSA) is 56.2 Å². The SMILES string of the molecule is Cc1cnc2ccnn2c1N. The molecule has 2 N–H and O–H groups in total. The summed E-state index contributed by atoms with van der Waals surface area (Å²) in [6.07, 6.45) is 3.42. The first-order valence-electron chi connectivity index (χ1n) is 3.34. The lowest BCUT2D eigenvalue weighted by Gasteiger charge is -2.00. The van der Waals surface area contributed by atoms with Gasteiger partial charge in [0.1, 0.15) is 5.82 Å². The average Bonchev–Trinajstić information content (AvgIpc) is 2.45. The summed E-state index contributed by atoms with van der Waals surface area (Å²) < 4.78 is 1.62. The van der Waals surface area contributed by atoms with Crippen molar-refractivity contribution >= 4 is 11.5 Å². The minimum Gasteiger partial charge on any atom is -0.383 e. The number of rotatable bonds is 0. The number of aryl methyl sites for hydroxylation is 1. The van der Waals surface area contributed by atoms with Crippen LogP contribution in [-0.4, -0.2) is 14.6 Å². The molecule has 0 atom stereocenters. The number of hydrogen-bond acceptors (Lipinski definition) is 3. The fraction of sp³-hybridized carbons (Fsp3) is 0.143. The number of nitrogen functional groups attached to an aromatic ring is 1. The Bertz CT molecular complexity index is 390. The monoisotopic (exact) mass is 148 g/mol. The second kappa shape index (κ2) is 1.95. The van der Waals surface area contributed by atoms with Crippen molar-refractivity contribution in [3.8, 4) is 0 Å². The van der Waals surface area contributed by atoms with Gasteiger partial charge in [0.05, 0.1) is 6.20 Å². The smallest absolute Gasteiger partial charge is 0.157 e. The lowest BCUT2D eigenvalue weighted by atomic mass is 10.3. The van der Waals surface area contributed by atoms with Gasteiger partial charge in [-0.2, -0.15) is 9.61 Å². The second-order valence-corrected chi connectivity index (χ2v) is 2.43. The van der Waals surface area contributed by atoms with Crippen molar-refractivity contribution in [1.82, 2.24) is 14.6 Å². The number of nitrogens with zero attached hydrogens (tertiary/aromatic N) is 3. The van der Waals surface area contributed by atoms with E-state index in [0.29, 0.717) is 5.82 Å². The fourth-order valence-corrected chi connectivity index (χ4v) is 0.976. The molecule has 0 aliphatic rings. The standard InChI is InChI=1S/C7H8N4/c1-5-4-9-6-2-3-10-11(6)7(5)8/h2-4H,8H2,1H3. The third-order valence-electron chi connectivity index (χ3n) is 1.65. The quantitative estimate of drug-likeness (QED) is 0.595. The van der Waals surface area contributed by atoms with Gasteiger partial charge in [0.15, 0.2) is 5.65 Å². The van der Waals surface area contributed by atoms with Crippen LogP contribution in [0, 0.1) is 6.92 Å². The van der Waals surface area contributed by atoms with Crippen LogP contribution in [0.5, 0.6) is 0 Å². The van der Waals surface area contributed by atoms with E-state index in [9.17, 15) is 0 Å². The zero-order chi connectivity index (χ0) is 7.84. The Hall–Kier alpha value is -1.58. The van der Waals surface area contributed by atoms with Gasteiger partial charge in [-0.1, -0.05) is 0 Å². The van der Waals surface area contributed by atoms with E-state index in [1.165, 1.54) is 0 Å². The maximum Gasteiger partial charge on any atom is 0.157 e. The Morgan fingerprint density at radius 2 is 2.36 bits per heavy atom. The van der Waals surface area contributed by atoms with E-state index in [2.05, 4.69) is 10.1 Å². The molecule has 4 heteroatoms. The predicted octanol–water partition coefficient (Wildman–Crippen LogP) is 0.620. The van der Waals surface area contributed by atoms with E-state index >= 15 is 0 Å². The summed E-state index contributed by atoms with van der Waals surface area (Å²) in [7, 11) is 0. The maximum absolute atomic E-state index is 5.72. The van der Waals surface area contributed by atoms with Crippen LogP contribution in [0.3, 0.4) is 0 Å². The van der Waals surface area contributed by atoms with Gasteiger partial charge >= 0.3 is 0 Å². The summed E-state index contributed by atoms with van der Waals surface area (Å²) in [5.41, 5.74) is 7.45. The summed E-state index contributed by atoms with van der Waals surface area (Å²) in [6.45, 7) is 1.91. The van der Waals surface area contributed by atoms with Crippen LogP contribution in [0.15, 0.2) is 18.5 Å². The molecule has 4 nitrogen and oxygen atoms in total. The van der Waals surface area contributed by atoms with Crippen LogP contribution in [0.1, 0.15) is 5.56 Å². The normalized spacial score (nSPS) is 10.6. The molecular formula is C7H8N4. The molecule has 0 amide bonds. The van der Waals surface area contributed by atoms with Crippen LogP contribution in [0.2, 0.25) is 0 Å². The molecule has 0 aliphatic carbocycles. The molecule has 2 rings (SSSR count). The van der Waals surface area contributed by atoms with Gasteiger partial charge < -0.3 is 5.73 Å². The van der Waals surface area contributed by atoms with Gasteiger partial charge in [-0.3, -0.25) is 0 Å². The van der Waals surface area contributed by atoms with Crippen LogP contribution >= 0.6 is 0 Å². The highest BCUT2D eigenvalue weighted by atomic mass is 15.3. The molecule has 0 saturated heterocycles. The van der Waals surface area contributed by atoms with Gasteiger partial charge in [0.2, 0.25) is 0 Å². The van der Waals surface area contributed by atoms with Crippen molar-refractivity contribution < 1.29 is 0 Å². The van der Waals surface area contributed by atoms with Crippen LogP contribution in [-0.2, 0) is 0 Å². The molecule has 2 heterocycles. The van der Waals surface area contributed by atoms with Gasteiger partial charge in [0.25, 0.3) is 0 Å². The molecule has 0 fully saturated rings. The first kappa shape index (κ1) is 6.15. The van der Waals surface area contributed by atoms with Crippen LogP contribution in [0.25, 0.3) is 5.65 Å². The highest BCUT2D eigenvalue weighted by Gasteiger charge is 2.00. The Morgan fingerprint density at radius 3 is 3.18 bits per heavy atom. The third-order valence-corrected chi connectivity index (χ3v) is 1.65. The zero-order valence-electron chi connectivity index (χ0n) is 6.15. The largest absolute Gasteiger partial charge is 0.383 e. The Labute approximate surface area is 63.7 Å². The van der Waals surface area contributed by atoms with Crippen molar-refractivity contribution in [1.29, 1.82) is 0 Å². The predicted molar refractivity (Wildman–Crippen MR) is 42.1 cm³/mol. The molecular weight excluding hydrogens is 140 g/mol. The van der Waals surface area contributed by atoms with E-state index in [1.807, 2.05) is 13.0 Å². The van der Waals surface area contributed by atoms with E-state index in [-0.39, 0.29) is 0 Å². The molecule has 0 saturated carbocycles. The van der Waals surface area contributed by atoms with Crippen molar-refractivity contribution in [3.05, 3.63) is 24.0 Å². The van der Waals surface area contributed by atoms with E-state index in [0.717, 1.165) is 11.2 Å². The van der Waals surface area contributed by atoms with E-state index in [4.69, 9.17) is 5.73 Å². The van der Waals surface area contributed by atoms with Crippen molar-refractivity contribution in [3.63, 3.8) is 0 Å². The molecule has 0 spiro atoms. The number of aromatic nitrogens is 3. The van der Waals surface area contributed by atoms with E-state index in [1.54, 1.807) is 16.9 Å². The van der Waals surface area contributed by atoms with Gasteiger partial charge in [-0.05, 0) is 6.92 Å². The average molecular weight is 148 g/mol. The Morgan fingerprint density at radius 1 is 1.55 bits per heavy atom. The number of nitrogens with two attached hydrogens (primary N) is 1. The van der Waals surface area contributed by atoms with Crippen molar-refractivity contribution in [2.45, 2.75) is 6.92 Å². The highest BCUT2D eigenvalue weighted by molar-refractivity contribution is 5.48. The first-order valence-corrected chi connectivity index (χ1v) is 3.34. The summed E-state index contributed by atoms with van der Waals surface area (Å²) >= 11 is 0. The van der Waals surface area contributed by atoms with Gasteiger partial charge in [-0.25, -0.2) is 4.98 Å². The number of hydrogen-bond donors (Lipinski definition) is 1.